The Morgan fingerprint density at radius 2 is 2.25 bits per heavy atom. The van der Waals surface area contributed by atoms with Gasteiger partial charge in [-0.3, -0.25) is 0 Å². The molecule has 0 amide bonds. The van der Waals surface area contributed by atoms with E-state index in [1.54, 1.807) is 0 Å². The summed E-state index contributed by atoms with van der Waals surface area (Å²) in [6.07, 6.45) is -0.125. The molecule has 2 N–H and O–H groups in total. The molecule has 0 radical (unpaired) electrons. The number of hydrogen-bond acceptors (Lipinski definition) is 3. The molecule has 1 atom stereocenters. The first-order chi connectivity index (χ1) is 7.75. The molecule has 0 bridgehead atoms. The lowest BCUT2D eigenvalue weighted by Gasteiger charge is -2.17. The van der Waals surface area contributed by atoms with E-state index in [0.29, 0.717) is 0 Å². The van der Waals surface area contributed by atoms with Gasteiger partial charge in [-0.15, -0.1) is 0 Å². The van der Waals surface area contributed by atoms with Crippen molar-refractivity contribution in [1.29, 1.82) is 0 Å². The average Bonchev–Trinajstić information content (AvgIpc) is 2.81. The van der Waals surface area contributed by atoms with Crippen LogP contribution in [0.15, 0.2) is 29.7 Å². The largest absolute Gasteiger partial charge is 0.468 e. The number of ether oxygens (including phenoxy) is 1. The lowest BCUT2D eigenvalue weighted by atomic mass is 9.94. The molecule has 1 unspecified atom stereocenters. The summed E-state index contributed by atoms with van der Waals surface area (Å²) in [5, 5.41) is 7.36. The molecule has 3 nitrogen and oxygen atoms in total. The molecule has 5 heteroatoms. The van der Waals surface area contributed by atoms with Crippen molar-refractivity contribution in [2.75, 3.05) is 13.1 Å². The maximum Gasteiger partial charge on any atom is 0.197 e. The van der Waals surface area contributed by atoms with Gasteiger partial charge in [0.15, 0.2) is 6.23 Å². The second kappa shape index (κ2) is 3.72. The van der Waals surface area contributed by atoms with Crippen molar-refractivity contribution >= 4 is 24.9 Å². The topological polar surface area (TPSA) is 33.3 Å². The van der Waals surface area contributed by atoms with Gasteiger partial charge >= 0.3 is 0 Å². The molecule has 2 heterocycles. The Hall–Kier alpha value is -1.13. The van der Waals surface area contributed by atoms with Gasteiger partial charge in [0.2, 0.25) is 0 Å². The zero-order valence-corrected chi connectivity index (χ0v) is 9.77. The van der Waals surface area contributed by atoms with Crippen molar-refractivity contribution in [1.82, 2.24) is 10.6 Å². The molecule has 0 fully saturated rings. The quantitative estimate of drug-likeness (QED) is 0.673. The number of hydrogen-bond donors (Lipinski definition) is 2. The Labute approximate surface area is 100 Å². The highest BCUT2D eigenvalue weighted by molar-refractivity contribution is 6.45. The third-order valence-corrected chi connectivity index (χ3v) is 3.51. The minimum absolute atomic E-state index is 0.125. The second-order valence-electron chi connectivity index (χ2n) is 4.13. The van der Waals surface area contributed by atoms with E-state index < -0.39 is 0 Å². The van der Waals surface area contributed by atoms with Gasteiger partial charge in [-0.05, 0) is 0 Å². The Balaban J connectivity index is 1.88. The van der Waals surface area contributed by atoms with E-state index in [2.05, 4.69) is 10.6 Å². The Morgan fingerprint density at radius 3 is 3.06 bits per heavy atom. The number of halogens is 1. The van der Waals surface area contributed by atoms with Gasteiger partial charge < -0.3 is 15.4 Å². The van der Waals surface area contributed by atoms with Crippen LogP contribution in [0.5, 0.6) is 0 Å². The summed E-state index contributed by atoms with van der Waals surface area (Å²) in [5.74, 6) is 1.02. The van der Waals surface area contributed by atoms with Crippen LogP contribution in [0.1, 0.15) is 11.8 Å². The first kappa shape index (κ1) is 10.1. The molecule has 0 saturated heterocycles. The third-order valence-electron chi connectivity index (χ3n) is 2.99. The molecule has 0 saturated carbocycles. The fourth-order valence-corrected chi connectivity index (χ4v) is 2.32. The molecule has 2 aliphatic heterocycles. The summed E-state index contributed by atoms with van der Waals surface area (Å²) in [6, 6.07) is 6.01. The average molecular weight is 234 g/mol. The number of benzene rings is 1. The van der Waals surface area contributed by atoms with E-state index in [-0.39, 0.29) is 6.23 Å². The third kappa shape index (κ3) is 1.49. The highest BCUT2D eigenvalue weighted by Crippen LogP contribution is 2.31. The normalized spacial score (nSPS) is 22.9. The zero-order valence-electron chi connectivity index (χ0n) is 9.01. The van der Waals surface area contributed by atoms with Crippen LogP contribution in [-0.2, 0) is 4.74 Å². The maximum absolute atomic E-state index is 6.28. The number of nitrogens with one attached hydrogen (secondary N) is 2. The van der Waals surface area contributed by atoms with E-state index in [0.717, 1.165) is 40.6 Å². The first-order valence-corrected chi connectivity index (χ1v) is 5.74. The van der Waals surface area contributed by atoms with Crippen LogP contribution in [0, 0.1) is 0 Å². The standard InChI is InChI=1S/C11H12BClN2O/c12-7-3-1-2-6(10(7)13)11-15-8-4-14-5-9(8)16-11/h1-3,11,14-15H,4-5,12H2. The molecular weight excluding hydrogens is 222 g/mol. The van der Waals surface area contributed by atoms with Gasteiger partial charge in [-0.2, -0.15) is 0 Å². The summed E-state index contributed by atoms with van der Waals surface area (Å²) in [5.41, 5.74) is 3.24. The molecule has 1 aromatic carbocycles. The van der Waals surface area contributed by atoms with Crippen LogP contribution in [0.3, 0.4) is 0 Å². The lowest BCUT2D eigenvalue weighted by molar-refractivity contribution is 0.124. The number of rotatable bonds is 1. The van der Waals surface area contributed by atoms with E-state index in [1.807, 2.05) is 26.0 Å². The molecule has 0 aromatic heterocycles. The molecular formula is C11H12BClN2O. The predicted octanol–water partition coefficient (Wildman–Crippen LogP) is 0.0316. The van der Waals surface area contributed by atoms with Crippen molar-refractivity contribution in [2.24, 2.45) is 0 Å². The lowest BCUT2D eigenvalue weighted by Crippen LogP contribution is -2.24. The summed E-state index contributed by atoms with van der Waals surface area (Å²) < 4.78 is 5.83. The van der Waals surface area contributed by atoms with Gasteiger partial charge in [0.25, 0.3) is 0 Å². The highest BCUT2D eigenvalue weighted by Gasteiger charge is 2.30. The van der Waals surface area contributed by atoms with Crippen LogP contribution in [0.4, 0.5) is 0 Å². The summed E-state index contributed by atoms with van der Waals surface area (Å²) in [7, 11) is 2.00. The predicted molar refractivity (Wildman–Crippen MR) is 66.5 cm³/mol. The van der Waals surface area contributed by atoms with Crippen LogP contribution in [0.25, 0.3) is 0 Å². The van der Waals surface area contributed by atoms with Crippen LogP contribution in [-0.4, -0.2) is 20.9 Å². The SMILES string of the molecule is Bc1cccc(C2NC3=C(CNC3)O2)c1Cl. The first-order valence-electron chi connectivity index (χ1n) is 5.36. The maximum atomic E-state index is 6.28. The highest BCUT2D eigenvalue weighted by atomic mass is 35.5. The minimum atomic E-state index is -0.125. The molecule has 0 spiro atoms. The second-order valence-corrected chi connectivity index (χ2v) is 4.50. The smallest absolute Gasteiger partial charge is 0.197 e. The monoisotopic (exact) mass is 234 g/mol. The van der Waals surface area contributed by atoms with Gasteiger partial charge in [0.1, 0.15) is 13.6 Å². The van der Waals surface area contributed by atoms with Gasteiger partial charge in [-0.1, -0.05) is 35.3 Å². The van der Waals surface area contributed by atoms with E-state index in [4.69, 9.17) is 16.3 Å². The molecule has 2 aliphatic rings. The van der Waals surface area contributed by atoms with Crippen LogP contribution < -0.4 is 16.1 Å². The fraction of sp³-hybridized carbons (Fsp3) is 0.273. The van der Waals surface area contributed by atoms with Crippen molar-refractivity contribution in [3.05, 3.63) is 40.2 Å². The molecule has 1 aromatic rings. The van der Waals surface area contributed by atoms with Crippen molar-refractivity contribution in [3.63, 3.8) is 0 Å². The zero-order chi connectivity index (χ0) is 11.1. The van der Waals surface area contributed by atoms with Crippen LogP contribution >= 0.6 is 11.6 Å². The van der Waals surface area contributed by atoms with E-state index in [1.165, 1.54) is 0 Å². The van der Waals surface area contributed by atoms with Crippen molar-refractivity contribution in [2.45, 2.75) is 6.23 Å². The molecule has 16 heavy (non-hydrogen) atoms. The van der Waals surface area contributed by atoms with Crippen molar-refractivity contribution in [3.8, 4) is 0 Å². The minimum Gasteiger partial charge on any atom is -0.468 e. The van der Waals surface area contributed by atoms with E-state index >= 15 is 0 Å². The Morgan fingerprint density at radius 1 is 1.38 bits per heavy atom. The van der Waals surface area contributed by atoms with E-state index in [9.17, 15) is 0 Å². The Bertz CT molecular complexity index is 459. The molecule has 0 aliphatic carbocycles. The van der Waals surface area contributed by atoms with Gasteiger partial charge in [0.05, 0.1) is 12.2 Å². The van der Waals surface area contributed by atoms with Gasteiger partial charge in [-0.25, -0.2) is 0 Å². The van der Waals surface area contributed by atoms with Crippen molar-refractivity contribution < 1.29 is 4.74 Å². The molecule has 82 valence electrons. The fourth-order valence-electron chi connectivity index (χ4n) is 2.09. The van der Waals surface area contributed by atoms with Crippen LogP contribution in [0.2, 0.25) is 5.02 Å². The van der Waals surface area contributed by atoms with Gasteiger partial charge in [0, 0.05) is 17.1 Å². The molecule has 3 rings (SSSR count). The Kier molecular flexibility index (Phi) is 2.34. The summed E-state index contributed by atoms with van der Waals surface area (Å²) in [4.78, 5) is 0. The summed E-state index contributed by atoms with van der Waals surface area (Å²) >= 11 is 6.28. The summed E-state index contributed by atoms with van der Waals surface area (Å²) in [6.45, 7) is 1.66.